The minimum Gasteiger partial charge on any atom is -0.494 e. The molecule has 6 nitrogen and oxygen atoms in total. The number of hydrogen-bond acceptors (Lipinski definition) is 5. The minimum atomic E-state index is 0.482. The van der Waals surface area contributed by atoms with Crippen LogP contribution in [0.3, 0.4) is 0 Å². The van der Waals surface area contributed by atoms with Crippen molar-refractivity contribution in [2.45, 2.75) is 32.9 Å². The number of imidazole rings is 1. The van der Waals surface area contributed by atoms with Gasteiger partial charge in [-0.3, -0.25) is 4.98 Å². The van der Waals surface area contributed by atoms with Gasteiger partial charge < -0.3 is 19.4 Å². The van der Waals surface area contributed by atoms with E-state index in [4.69, 9.17) is 14.5 Å². The molecule has 7 heteroatoms. The third kappa shape index (κ3) is 4.89. The quantitative estimate of drug-likeness (QED) is 0.289. The molecule has 2 aromatic heterocycles. The Morgan fingerprint density at radius 2 is 1.91 bits per heavy atom. The van der Waals surface area contributed by atoms with Crippen molar-refractivity contribution in [2.75, 3.05) is 26.1 Å². The lowest BCUT2D eigenvalue weighted by Gasteiger charge is -2.14. The number of aromatic nitrogens is 3. The minimum absolute atomic E-state index is 0.482. The lowest BCUT2D eigenvalue weighted by molar-refractivity contribution is 0.188. The molecular formula is C26H29BrN4O2. The molecular weight excluding hydrogens is 480 g/mol. The third-order valence-corrected chi connectivity index (χ3v) is 6.60. The Bertz CT molecular complexity index is 1220. The lowest BCUT2D eigenvalue weighted by atomic mass is 10.0. The molecule has 0 bridgehead atoms. The number of anilines is 1. The smallest absolute Gasteiger partial charge is 0.145 e. The van der Waals surface area contributed by atoms with Crippen molar-refractivity contribution in [3.8, 4) is 17.1 Å². The van der Waals surface area contributed by atoms with E-state index in [0.717, 1.165) is 43.9 Å². The van der Waals surface area contributed by atoms with Gasteiger partial charge in [-0.25, -0.2) is 4.98 Å². The molecule has 33 heavy (non-hydrogen) atoms. The molecule has 0 spiro atoms. The van der Waals surface area contributed by atoms with Crippen LogP contribution in [0.1, 0.15) is 30.9 Å². The lowest BCUT2D eigenvalue weighted by Crippen LogP contribution is -2.07. The molecule has 1 N–H and O–H groups in total. The number of nitrogens with one attached hydrogen (secondary N) is 1. The van der Waals surface area contributed by atoms with Crippen LogP contribution in [0.5, 0.6) is 5.75 Å². The van der Waals surface area contributed by atoms with Crippen molar-refractivity contribution < 1.29 is 9.47 Å². The van der Waals surface area contributed by atoms with Crippen molar-refractivity contribution in [1.29, 1.82) is 0 Å². The van der Waals surface area contributed by atoms with E-state index in [1.807, 2.05) is 18.3 Å². The van der Waals surface area contributed by atoms with Crippen molar-refractivity contribution in [2.24, 2.45) is 0 Å². The molecule has 0 atom stereocenters. The van der Waals surface area contributed by atoms with E-state index in [2.05, 4.69) is 75.0 Å². The summed E-state index contributed by atoms with van der Waals surface area (Å²) in [7, 11) is 3.41. The number of benzene rings is 2. The molecule has 4 rings (SSSR count). The second kappa shape index (κ2) is 10.4. The number of halogens is 1. The molecule has 4 aromatic rings. The molecule has 0 radical (unpaired) electrons. The molecule has 2 aromatic carbocycles. The van der Waals surface area contributed by atoms with Gasteiger partial charge in [-0.1, -0.05) is 38.1 Å². The summed E-state index contributed by atoms with van der Waals surface area (Å²) in [6, 6.07) is 14.6. The SMILES string of the molecule is COCCn1c(-c2ccc(C(C)C)cc2)nc2c(Br)c(CNc3cccnc3)cc(OC)c21. The van der Waals surface area contributed by atoms with Crippen molar-refractivity contribution in [3.05, 3.63) is 70.5 Å². The second-order valence-corrected chi connectivity index (χ2v) is 8.99. The Hall–Kier alpha value is -2.90. The maximum absolute atomic E-state index is 5.83. The standard InChI is InChI=1S/C26H29BrN4O2/c1-17(2)18-7-9-19(10-8-18)26-30-24-23(27)20(15-29-21-6-5-11-28-16-21)14-22(33-4)25(24)31(26)12-13-32-3/h5-11,14,16-17,29H,12-13,15H2,1-4H3. The maximum Gasteiger partial charge on any atom is 0.145 e. The first-order chi connectivity index (χ1) is 16.0. The average molecular weight is 509 g/mol. The molecule has 0 aliphatic heterocycles. The van der Waals surface area contributed by atoms with E-state index >= 15 is 0 Å². The van der Waals surface area contributed by atoms with Crippen molar-refractivity contribution >= 4 is 32.7 Å². The second-order valence-electron chi connectivity index (χ2n) is 8.20. The van der Waals surface area contributed by atoms with E-state index in [1.165, 1.54) is 5.56 Å². The number of fused-ring (bicyclic) bond motifs is 1. The van der Waals surface area contributed by atoms with E-state index in [-0.39, 0.29) is 0 Å². The van der Waals surface area contributed by atoms with Gasteiger partial charge in [-0.2, -0.15) is 0 Å². The summed E-state index contributed by atoms with van der Waals surface area (Å²) in [6.45, 7) is 6.26. The summed E-state index contributed by atoms with van der Waals surface area (Å²) in [5, 5.41) is 3.42. The van der Waals surface area contributed by atoms with Gasteiger partial charge in [-0.15, -0.1) is 0 Å². The Morgan fingerprint density at radius 1 is 1.12 bits per heavy atom. The van der Waals surface area contributed by atoms with Crippen LogP contribution in [0.25, 0.3) is 22.4 Å². The predicted molar refractivity (Wildman–Crippen MR) is 137 cm³/mol. The molecule has 172 valence electrons. The largest absolute Gasteiger partial charge is 0.494 e. The van der Waals surface area contributed by atoms with Gasteiger partial charge >= 0.3 is 0 Å². The van der Waals surface area contributed by atoms with Crippen LogP contribution < -0.4 is 10.1 Å². The van der Waals surface area contributed by atoms with E-state index in [0.29, 0.717) is 25.6 Å². The Labute approximate surface area is 203 Å². The van der Waals surface area contributed by atoms with Crippen molar-refractivity contribution in [1.82, 2.24) is 14.5 Å². The summed E-state index contributed by atoms with van der Waals surface area (Å²) in [5.74, 6) is 2.16. The zero-order chi connectivity index (χ0) is 23.4. The normalized spacial score (nSPS) is 11.3. The van der Waals surface area contributed by atoms with Crippen LogP contribution in [0.2, 0.25) is 0 Å². The fourth-order valence-electron chi connectivity index (χ4n) is 3.88. The number of nitrogens with zero attached hydrogens (tertiary/aromatic N) is 3. The molecule has 2 heterocycles. The fraction of sp³-hybridized carbons (Fsp3) is 0.308. The first kappa shape index (κ1) is 23.3. The van der Waals surface area contributed by atoms with Gasteiger partial charge in [0.1, 0.15) is 22.6 Å². The van der Waals surface area contributed by atoms with Gasteiger partial charge in [0.05, 0.1) is 23.9 Å². The van der Waals surface area contributed by atoms with Gasteiger partial charge in [0.25, 0.3) is 0 Å². The van der Waals surface area contributed by atoms with Gasteiger partial charge in [-0.05, 0) is 51.2 Å². The summed E-state index contributed by atoms with van der Waals surface area (Å²) in [5.41, 5.74) is 6.21. The summed E-state index contributed by atoms with van der Waals surface area (Å²) in [4.78, 5) is 9.25. The molecule has 0 unspecified atom stereocenters. The van der Waals surface area contributed by atoms with Crippen LogP contribution in [0.4, 0.5) is 5.69 Å². The van der Waals surface area contributed by atoms with Crippen LogP contribution in [-0.2, 0) is 17.8 Å². The Morgan fingerprint density at radius 3 is 2.55 bits per heavy atom. The Balaban J connectivity index is 1.81. The molecule has 0 fully saturated rings. The van der Waals surface area contributed by atoms with E-state index < -0.39 is 0 Å². The Kier molecular flexibility index (Phi) is 7.30. The molecule has 0 saturated heterocycles. The number of ether oxygens (including phenoxy) is 2. The monoisotopic (exact) mass is 508 g/mol. The van der Waals surface area contributed by atoms with Crippen LogP contribution >= 0.6 is 15.9 Å². The van der Waals surface area contributed by atoms with Gasteiger partial charge in [0.2, 0.25) is 0 Å². The zero-order valence-corrected chi connectivity index (χ0v) is 21.0. The molecule has 0 aliphatic carbocycles. The van der Waals surface area contributed by atoms with Crippen LogP contribution in [0, 0.1) is 0 Å². The van der Waals surface area contributed by atoms with Gasteiger partial charge in [0, 0.05) is 38.2 Å². The summed E-state index contributed by atoms with van der Waals surface area (Å²) < 4.78 is 14.4. The molecule has 0 saturated carbocycles. The van der Waals surface area contributed by atoms with Gasteiger partial charge in [0.15, 0.2) is 0 Å². The van der Waals surface area contributed by atoms with E-state index in [9.17, 15) is 0 Å². The summed E-state index contributed by atoms with van der Waals surface area (Å²) >= 11 is 3.82. The summed E-state index contributed by atoms with van der Waals surface area (Å²) in [6.07, 6.45) is 3.57. The number of hydrogen-bond donors (Lipinski definition) is 1. The predicted octanol–water partition coefficient (Wildman–Crippen LogP) is 6.25. The highest BCUT2D eigenvalue weighted by molar-refractivity contribution is 9.10. The maximum atomic E-state index is 5.83. The third-order valence-electron chi connectivity index (χ3n) is 5.72. The molecule has 0 aliphatic rings. The molecule has 0 amide bonds. The number of pyridine rings is 1. The highest BCUT2D eigenvalue weighted by Crippen LogP contribution is 2.38. The highest BCUT2D eigenvalue weighted by Gasteiger charge is 2.21. The van der Waals surface area contributed by atoms with Crippen molar-refractivity contribution in [3.63, 3.8) is 0 Å². The first-order valence-electron chi connectivity index (χ1n) is 11.0. The first-order valence-corrected chi connectivity index (χ1v) is 11.8. The zero-order valence-electron chi connectivity index (χ0n) is 19.4. The fourth-order valence-corrected chi connectivity index (χ4v) is 4.42. The average Bonchev–Trinajstić information content (AvgIpc) is 3.23. The topological polar surface area (TPSA) is 61.2 Å². The highest BCUT2D eigenvalue weighted by atomic mass is 79.9. The number of methoxy groups -OCH3 is 2. The van der Waals surface area contributed by atoms with E-state index in [1.54, 1.807) is 20.4 Å². The number of rotatable bonds is 9. The van der Waals surface area contributed by atoms with Crippen LogP contribution in [-0.4, -0.2) is 35.4 Å². The van der Waals surface area contributed by atoms with Crippen LogP contribution in [0.15, 0.2) is 59.3 Å².